The number of sulfonamides is 1. The van der Waals surface area contributed by atoms with Crippen LogP contribution >= 0.6 is 0 Å². The van der Waals surface area contributed by atoms with Crippen LogP contribution < -0.4 is 4.72 Å². The molecule has 1 aliphatic rings. The van der Waals surface area contributed by atoms with Crippen molar-refractivity contribution in [1.29, 1.82) is 0 Å². The fourth-order valence-electron chi connectivity index (χ4n) is 3.37. The Morgan fingerprint density at radius 2 is 1.76 bits per heavy atom. The molecule has 0 saturated carbocycles. The first-order chi connectivity index (χ1) is 11.7. The maximum atomic E-state index is 12.8. The minimum absolute atomic E-state index is 0.244. The van der Waals surface area contributed by atoms with Gasteiger partial charge in [0.1, 0.15) is 0 Å². The van der Waals surface area contributed by atoms with Gasteiger partial charge in [0.15, 0.2) is 0 Å². The minimum atomic E-state index is -3.48. The Balaban J connectivity index is 2.09. The molecule has 1 aromatic carbocycles. The molecular weight excluding hydrogens is 334 g/mol. The van der Waals surface area contributed by atoms with Crippen molar-refractivity contribution < 1.29 is 8.42 Å². The highest BCUT2D eigenvalue weighted by atomic mass is 32.2. The van der Waals surface area contributed by atoms with Crippen LogP contribution in [0.5, 0.6) is 0 Å². The predicted octanol–water partition coefficient (Wildman–Crippen LogP) is 2.24. The molecule has 142 valence electrons. The van der Waals surface area contributed by atoms with E-state index >= 15 is 0 Å². The molecule has 0 bridgehead atoms. The Morgan fingerprint density at radius 3 is 2.36 bits per heavy atom. The van der Waals surface area contributed by atoms with E-state index in [1.165, 1.54) is 0 Å². The van der Waals surface area contributed by atoms with E-state index in [1.54, 1.807) is 6.07 Å². The number of nitrogens with one attached hydrogen (secondary N) is 1. The molecule has 5 nitrogen and oxygen atoms in total. The van der Waals surface area contributed by atoms with Gasteiger partial charge in [-0.05, 0) is 50.4 Å². The third-order valence-electron chi connectivity index (χ3n) is 4.94. The van der Waals surface area contributed by atoms with E-state index in [1.807, 2.05) is 26.0 Å². The summed E-state index contributed by atoms with van der Waals surface area (Å²) in [6.07, 6.45) is 0.999. The van der Waals surface area contributed by atoms with Crippen LogP contribution in [0.3, 0.4) is 0 Å². The van der Waals surface area contributed by atoms with Gasteiger partial charge in [0.2, 0.25) is 10.0 Å². The lowest BCUT2D eigenvalue weighted by molar-refractivity contribution is 0.102. The van der Waals surface area contributed by atoms with Gasteiger partial charge >= 0.3 is 0 Å². The molecule has 25 heavy (non-hydrogen) atoms. The Bertz CT molecular complexity index is 665. The van der Waals surface area contributed by atoms with E-state index in [4.69, 9.17) is 0 Å². The Kier molecular flexibility index (Phi) is 7.02. The van der Waals surface area contributed by atoms with E-state index in [-0.39, 0.29) is 6.04 Å². The molecule has 0 radical (unpaired) electrons. The first-order valence-electron chi connectivity index (χ1n) is 9.18. The van der Waals surface area contributed by atoms with Crippen molar-refractivity contribution in [3.8, 4) is 0 Å². The summed E-state index contributed by atoms with van der Waals surface area (Å²) in [7, 11) is -1.34. The van der Waals surface area contributed by atoms with Gasteiger partial charge in [0.05, 0.1) is 4.90 Å². The van der Waals surface area contributed by atoms with Crippen LogP contribution in [0.1, 0.15) is 31.4 Å². The van der Waals surface area contributed by atoms with Crippen LogP contribution in [0, 0.1) is 19.8 Å². The van der Waals surface area contributed by atoms with E-state index < -0.39 is 10.0 Å². The third kappa shape index (κ3) is 5.78. The second kappa shape index (κ2) is 8.62. The maximum absolute atomic E-state index is 12.8. The van der Waals surface area contributed by atoms with Crippen LogP contribution in [0.4, 0.5) is 0 Å². The number of nitrogens with zero attached hydrogens (tertiary/aromatic N) is 2. The van der Waals surface area contributed by atoms with Crippen molar-refractivity contribution in [3.05, 3.63) is 29.3 Å². The highest BCUT2D eigenvalue weighted by Crippen LogP contribution is 2.18. The molecule has 0 aromatic heterocycles. The molecule has 1 heterocycles. The second-order valence-electron chi connectivity index (χ2n) is 7.74. The Hall–Kier alpha value is -0.950. The summed E-state index contributed by atoms with van der Waals surface area (Å²) in [5, 5.41) is 0. The van der Waals surface area contributed by atoms with E-state index in [9.17, 15) is 8.42 Å². The van der Waals surface area contributed by atoms with Crippen LogP contribution in [0.15, 0.2) is 23.1 Å². The summed E-state index contributed by atoms with van der Waals surface area (Å²) in [5.74, 6) is 0.537. The van der Waals surface area contributed by atoms with Crippen molar-refractivity contribution in [2.75, 3.05) is 39.8 Å². The van der Waals surface area contributed by atoms with Crippen molar-refractivity contribution in [3.63, 3.8) is 0 Å². The number of piperazine rings is 1. The zero-order valence-electron chi connectivity index (χ0n) is 16.2. The van der Waals surface area contributed by atoms with Gasteiger partial charge in [-0.25, -0.2) is 13.1 Å². The summed E-state index contributed by atoms with van der Waals surface area (Å²) in [6.45, 7) is 12.7. The van der Waals surface area contributed by atoms with Crippen molar-refractivity contribution in [2.24, 2.45) is 5.92 Å². The summed E-state index contributed by atoms with van der Waals surface area (Å²) in [5.41, 5.74) is 1.75. The lowest BCUT2D eigenvalue weighted by Crippen LogP contribution is -2.52. The minimum Gasteiger partial charge on any atom is -0.304 e. The highest BCUT2D eigenvalue weighted by Gasteiger charge is 2.25. The van der Waals surface area contributed by atoms with Gasteiger partial charge in [-0.1, -0.05) is 26.0 Å². The Labute approximate surface area is 153 Å². The molecule has 2 rings (SSSR count). The monoisotopic (exact) mass is 367 g/mol. The van der Waals surface area contributed by atoms with E-state index in [2.05, 4.69) is 35.4 Å². The van der Waals surface area contributed by atoms with Crippen LogP contribution in [-0.4, -0.2) is 64.0 Å². The summed E-state index contributed by atoms with van der Waals surface area (Å²) < 4.78 is 28.5. The Morgan fingerprint density at radius 1 is 1.12 bits per heavy atom. The van der Waals surface area contributed by atoms with Crippen molar-refractivity contribution >= 4 is 10.0 Å². The fourth-order valence-corrected chi connectivity index (χ4v) is 4.77. The number of hydrogen-bond donors (Lipinski definition) is 1. The molecule has 1 unspecified atom stereocenters. The maximum Gasteiger partial charge on any atom is 0.240 e. The third-order valence-corrected chi connectivity index (χ3v) is 6.51. The SMILES string of the molecule is Cc1ccc(C)c(S(=O)(=O)NCC(CC(C)C)N2CCN(C)CC2)c1. The van der Waals surface area contributed by atoms with Crippen molar-refractivity contribution in [1.82, 2.24) is 14.5 Å². The van der Waals surface area contributed by atoms with Gasteiger partial charge in [-0.2, -0.15) is 0 Å². The molecule has 0 spiro atoms. The smallest absolute Gasteiger partial charge is 0.240 e. The lowest BCUT2D eigenvalue weighted by atomic mass is 10.0. The van der Waals surface area contributed by atoms with Crippen LogP contribution in [-0.2, 0) is 10.0 Å². The first-order valence-corrected chi connectivity index (χ1v) is 10.7. The second-order valence-corrected chi connectivity index (χ2v) is 9.48. The zero-order valence-corrected chi connectivity index (χ0v) is 17.1. The predicted molar refractivity (Wildman–Crippen MR) is 103 cm³/mol. The van der Waals surface area contributed by atoms with Crippen LogP contribution in [0.2, 0.25) is 0 Å². The quantitative estimate of drug-likeness (QED) is 0.803. The van der Waals surface area contributed by atoms with E-state index in [0.29, 0.717) is 17.4 Å². The fraction of sp³-hybridized carbons (Fsp3) is 0.684. The largest absolute Gasteiger partial charge is 0.304 e. The molecule has 1 saturated heterocycles. The molecule has 0 amide bonds. The number of rotatable bonds is 7. The summed E-state index contributed by atoms with van der Waals surface area (Å²) >= 11 is 0. The molecule has 1 aliphatic heterocycles. The molecule has 1 aromatic rings. The average molecular weight is 368 g/mol. The zero-order chi connectivity index (χ0) is 18.6. The molecular formula is C19H33N3O2S. The molecule has 1 atom stereocenters. The van der Waals surface area contributed by atoms with Gasteiger partial charge in [0.25, 0.3) is 0 Å². The summed E-state index contributed by atoms with van der Waals surface area (Å²) in [4.78, 5) is 5.16. The topological polar surface area (TPSA) is 52.7 Å². The molecule has 0 aliphatic carbocycles. The average Bonchev–Trinajstić information content (AvgIpc) is 2.54. The van der Waals surface area contributed by atoms with Crippen LogP contribution in [0.25, 0.3) is 0 Å². The first kappa shape index (κ1) is 20.4. The highest BCUT2D eigenvalue weighted by molar-refractivity contribution is 7.89. The standard InChI is InChI=1S/C19H33N3O2S/c1-15(2)12-18(22-10-8-21(5)9-11-22)14-20-25(23,24)19-13-16(3)6-7-17(19)4/h6-7,13,15,18,20H,8-12,14H2,1-5H3. The normalized spacial score (nSPS) is 18.6. The van der Waals surface area contributed by atoms with E-state index in [0.717, 1.165) is 43.7 Å². The van der Waals surface area contributed by atoms with Gasteiger partial charge in [-0.15, -0.1) is 0 Å². The van der Waals surface area contributed by atoms with Gasteiger partial charge in [0, 0.05) is 38.8 Å². The number of likely N-dealkylation sites (N-methyl/N-ethyl adjacent to an activating group) is 1. The number of hydrogen-bond acceptors (Lipinski definition) is 4. The molecule has 6 heteroatoms. The number of benzene rings is 1. The lowest BCUT2D eigenvalue weighted by Gasteiger charge is -2.38. The number of aryl methyl sites for hydroxylation is 2. The summed E-state index contributed by atoms with van der Waals surface area (Å²) in [6, 6.07) is 5.81. The molecule has 1 N–H and O–H groups in total. The van der Waals surface area contributed by atoms with Gasteiger partial charge < -0.3 is 4.90 Å². The van der Waals surface area contributed by atoms with Crippen molar-refractivity contribution in [2.45, 2.75) is 45.1 Å². The molecule has 1 fully saturated rings. The van der Waals surface area contributed by atoms with Gasteiger partial charge in [-0.3, -0.25) is 4.90 Å².